The molecule has 1 fully saturated rings. The molecule has 1 aromatic heterocycles. The Kier molecular flexibility index (Phi) is 7.11. The number of ether oxygens (including phenoxy) is 2. The third kappa shape index (κ3) is 5.07. The van der Waals surface area contributed by atoms with Crippen LogP contribution < -0.4 is 9.47 Å². The summed E-state index contributed by atoms with van der Waals surface area (Å²) in [7, 11) is 5.13. The van der Waals surface area contributed by atoms with Crippen LogP contribution in [0.3, 0.4) is 0 Å². The maximum absolute atomic E-state index is 12.7. The summed E-state index contributed by atoms with van der Waals surface area (Å²) >= 11 is 1.45. The highest BCUT2D eigenvalue weighted by atomic mass is 32.1. The Balaban J connectivity index is 1.51. The molecular weight excluding hydrogens is 390 g/mol. The average molecular weight is 418 g/mol. The van der Waals surface area contributed by atoms with E-state index in [0.29, 0.717) is 50.8 Å². The number of hydrogen-bond acceptors (Lipinski definition) is 6. The number of piperazine rings is 1. The Hall–Kier alpha value is -2.58. The SMILES string of the molecule is COc1cccc(CN(C)CC(=O)N2CCN(C(=O)c3cccs3)CC2)c1OC. The Morgan fingerprint density at radius 1 is 1.03 bits per heavy atom. The fourth-order valence-corrected chi connectivity index (χ4v) is 4.16. The van der Waals surface area contributed by atoms with Gasteiger partial charge in [-0.2, -0.15) is 0 Å². The molecule has 0 unspecified atom stereocenters. The van der Waals surface area contributed by atoms with E-state index in [9.17, 15) is 9.59 Å². The van der Waals surface area contributed by atoms with Crippen molar-refractivity contribution in [2.45, 2.75) is 6.54 Å². The Labute approximate surface area is 175 Å². The first-order chi connectivity index (χ1) is 14.0. The van der Waals surface area contributed by atoms with Gasteiger partial charge in [-0.1, -0.05) is 18.2 Å². The lowest BCUT2D eigenvalue weighted by Crippen LogP contribution is -2.52. The lowest BCUT2D eigenvalue weighted by atomic mass is 10.1. The normalized spacial score (nSPS) is 14.2. The van der Waals surface area contributed by atoms with Crippen LogP contribution in [0.5, 0.6) is 11.5 Å². The molecule has 1 aliphatic rings. The number of rotatable bonds is 7. The molecule has 156 valence electrons. The Morgan fingerprint density at radius 2 is 1.76 bits per heavy atom. The van der Waals surface area contributed by atoms with E-state index in [1.54, 1.807) is 14.2 Å². The minimum atomic E-state index is 0.0503. The molecule has 2 heterocycles. The molecular formula is C21H27N3O4S. The highest BCUT2D eigenvalue weighted by molar-refractivity contribution is 7.12. The number of benzene rings is 1. The standard InChI is InChI=1S/C21H27N3O4S/c1-22(14-16-6-4-7-17(27-2)20(16)28-3)15-19(25)23-9-11-24(12-10-23)21(26)18-8-5-13-29-18/h4-8,13H,9-12,14-15H2,1-3H3. The molecule has 1 saturated heterocycles. The molecule has 0 saturated carbocycles. The van der Waals surface area contributed by atoms with Gasteiger partial charge in [0.1, 0.15) is 0 Å². The van der Waals surface area contributed by atoms with Crippen molar-refractivity contribution < 1.29 is 19.1 Å². The molecule has 1 aliphatic heterocycles. The van der Waals surface area contributed by atoms with Crippen LogP contribution in [0.25, 0.3) is 0 Å². The second-order valence-electron chi connectivity index (χ2n) is 6.98. The monoisotopic (exact) mass is 417 g/mol. The van der Waals surface area contributed by atoms with E-state index >= 15 is 0 Å². The van der Waals surface area contributed by atoms with Crippen molar-refractivity contribution in [1.29, 1.82) is 0 Å². The topological polar surface area (TPSA) is 62.3 Å². The number of amides is 2. The second-order valence-corrected chi connectivity index (χ2v) is 7.92. The first-order valence-electron chi connectivity index (χ1n) is 9.52. The largest absolute Gasteiger partial charge is 0.493 e. The smallest absolute Gasteiger partial charge is 0.264 e. The van der Waals surface area contributed by atoms with E-state index in [0.717, 1.165) is 10.4 Å². The van der Waals surface area contributed by atoms with Gasteiger partial charge in [0.25, 0.3) is 5.91 Å². The van der Waals surface area contributed by atoms with Crippen molar-refractivity contribution in [3.8, 4) is 11.5 Å². The predicted octanol–water partition coefficient (Wildman–Crippen LogP) is 2.18. The van der Waals surface area contributed by atoms with Crippen LogP contribution in [-0.2, 0) is 11.3 Å². The summed E-state index contributed by atoms with van der Waals surface area (Å²) < 4.78 is 10.8. The van der Waals surface area contributed by atoms with Gasteiger partial charge < -0.3 is 19.3 Å². The molecule has 2 amide bonds. The fraction of sp³-hybridized carbons (Fsp3) is 0.429. The number of hydrogen-bond donors (Lipinski definition) is 0. The number of para-hydroxylation sites is 1. The third-order valence-electron chi connectivity index (χ3n) is 4.98. The molecule has 0 N–H and O–H groups in total. The van der Waals surface area contributed by atoms with Crippen molar-refractivity contribution >= 4 is 23.2 Å². The maximum Gasteiger partial charge on any atom is 0.264 e. The molecule has 1 aromatic carbocycles. The Morgan fingerprint density at radius 3 is 2.38 bits per heavy atom. The number of nitrogens with zero attached hydrogens (tertiary/aromatic N) is 3. The van der Waals surface area contributed by atoms with Gasteiger partial charge in [0, 0.05) is 38.3 Å². The van der Waals surface area contributed by atoms with E-state index in [1.165, 1.54) is 11.3 Å². The summed E-state index contributed by atoms with van der Waals surface area (Å²) in [6.07, 6.45) is 0. The minimum absolute atomic E-state index is 0.0503. The molecule has 0 atom stereocenters. The van der Waals surface area contributed by atoms with Gasteiger partial charge in [0.05, 0.1) is 25.6 Å². The summed E-state index contributed by atoms with van der Waals surface area (Å²) in [5.41, 5.74) is 0.966. The molecule has 7 nitrogen and oxygen atoms in total. The van der Waals surface area contributed by atoms with Gasteiger partial charge in [0.2, 0.25) is 5.91 Å². The molecule has 2 aromatic rings. The quantitative estimate of drug-likeness (QED) is 0.691. The van der Waals surface area contributed by atoms with Gasteiger partial charge >= 0.3 is 0 Å². The van der Waals surface area contributed by atoms with Crippen molar-refractivity contribution in [1.82, 2.24) is 14.7 Å². The highest BCUT2D eigenvalue weighted by Gasteiger charge is 2.26. The van der Waals surface area contributed by atoms with Crippen LogP contribution in [-0.4, -0.2) is 80.5 Å². The summed E-state index contributed by atoms with van der Waals surface area (Å²) in [5, 5.41) is 1.90. The number of likely N-dealkylation sites (N-methyl/N-ethyl adjacent to an activating group) is 1. The van der Waals surface area contributed by atoms with E-state index < -0.39 is 0 Å². The first-order valence-corrected chi connectivity index (χ1v) is 10.4. The second kappa shape index (κ2) is 9.76. The highest BCUT2D eigenvalue weighted by Crippen LogP contribution is 2.31. The third-order valence-corrected chi connectivity index (χ3v) is 5.84. The van der Waals surface area contributed by atoms with Crippen LogP contribution in [0.15, 0.2) is 35.7 Å². The van der Waals surface area contributed by atoms with E-state index in [4.69, 9.17) is 9.47 Å². The van der Waals surface area contributed by atoms with Crippen LogP contribution >= 0.6 is 11.3 Å². The van der Waals surface area contributed by atoms with E-state index in [1.807, 2.05) is 57.5 Å². The minimum Gasteiger partial charge on any atom is -0.493 e. The van der Waals surface area contributed by atoms with Crippen molar-refractivity contribution in [2.75, 3.05) is 54.0 Å². The summed E-state index contributed by atoms with van der Waals surface area (Å²) in [4.78, 5) is 31.5. The van der Waals surface area contributed by atoms with Gasteiger partial charge in [-0.25, -0.2) is 0 Å². The van der Waals surface area contributed by atoms with Crippen LogP contribution in [0.1, 0.15) is 15.2 Å². The van der Waals surface area contributed by atoms with Gasteiger partial charge in [-0.05, 0) is 24.6 Å². The number of carbonyl (C=O) groups is 2. The van der Waals surface area contributed by atoms with Crippen molar-refractivity contribution in [3.63, 3.8) is 0 Å². The Bertz CT molecular complexity index is 832. The molecule has 8 heteroatoms. The van der Waals surface area contributed by atoms with Crippen LogP contribution in [0.4, 0.5) is 0 Å². The predicted molar refractivity (Wildman–Crippen MR) is 113 cm³/mol. The zero-order valence-electron chi connectivity index (χ0n) is 17.1. The van der Waals surface area contributed by atoms with Crippen LogP contribution in [0.2, 0.25) is 0 Å². The molecule has 0 bridgehead atoms. The van der Waals surface area contributed by atoms with Gasteiger partial charge in [0.15, 0.2) is 11.5 Å². The zero-order chi connectivity index (χ0) is 20.8. The van der Waals surface area contributed by atoms with E-state index in [-0.39, 0.29) is 11.8 Å². The van der Waals surface area contributed by atoms with Crippen molar-refractivity contribution in [3.05, 3.63) is 46.2 Å². The fourth-order valence-electron chi connectivity index (χ4n) is 3.47. The molecule has 0 spiro atoms. The van der Waals surface area contributed by atoms with Gasteiger partial charge in [-0.3, -0.25) is 14.5 Å². The zero-order valence-corrected chi connectivity index (χ0v) is 17.9. The summed E-state index contributed by atoms with van der Waals surface area (Å²) in [5.74, 6) is 1.48. The molecule has 0 aliphatic carbocycles. The molecule has 29 heavy (non-hydrogen) atoms. The first kappa shape index (κ1) is 21.1. The molecule has 0 radical (unpaired) electrons. The molecule has 3 rings (SSSR count). The lowest BCUT2D eigenvalue weighted by Gasteiger charge is -2.35. The van der Waals surface area contributed by atoms with E-state index in [2.05, 4.69) is 0 Å². The number of thiophene rings is 1. The van der Waals surface area contributed by atoms with Crippen molar-refractivity contribution in [2.24, 2.45) is 0 Å². The lowest BCUT2D eigenvalue weighted by molar-refractivity contribution is -0.133. The summed E-state index contributed by atoms with van der Waals surface area (Å²) in [6.45, 7) is 3.13. The summed E-state index contributed by atoms with van der Waals surface area (Å²) in [6, 6.07) is 9.45. The number of methoxy groups -OCH3 is 2. The van der Waals surface area contributed by atoms with Gasteiger partial charge in [-0.15, -0.1) is 11.3 Å². The van der Waals surface area contributed by atoms with Crippen LogP contribution in [0, 0.1) is 0 Å². The average Bonchev–Trinajstić information content (AvgIpc) is 3.27. The maximum atomic E-state index is 12.7. The number of carbonyl (C=O) groups excluding carboxylic acids is 2.